The Morgan fingerprint density at radius 3 is 2.42 bits per heavy atom. The van der Waals surface area contributed by atoms with Crippen LogP contribution in [0.1, 0.15) is 5.56 Å². The third kappa shape index (κ3) is 3.12. The number of hydrogen-bond donors (Lipinski definition) is 2. The minimum Gasteiger partial charge on any atom is -0.506 e. The van der Waals surface area contributed by atoms with Crippen LogP contribution in [0.2, 0.25) is 0 Å². The van der Waals surface area contributed by atoms with Gasteiger partial charge in [0.15, 0.2) is 0 Å². The van der Waals surface area contributed by atoms with Gasteiger partial charge >= 0.3 is 0 Å². The van der Waals surface area contributed by atoms with E-state index in [1.165, 1.54) is 18.2 Å². The zero-order valence-corrected chi connectivity index (χ0v) is 13.5. The number of phenols is 1. The van der Waals surface area contributed by atoms with Crippen LogP contribution < -0.4 is 0 Å². The van der Waals surface area contributed by atoms with Crippen molar-refractivity contribution in [3.63, 3.8) is 0 Å². The third-order valence-corrected chi connectivity index (χ3v) is 4.60. The van der Waals surface area contributed by atoms with E-state index in [1.807, 2.05) is 24.3 Å². The molecule has 0 heterocycles. The molecule has 0 amide bonds. The lowest BCUT2D eigenvalue weighted by atomic mass is 10.1. The van der Waals surface area contributed by atoms with Crippen molar-refractivity contribution in [2.24, 2.45) is 10.2 Å². The summed E-state index contributed by atoms with van der Waals surface area (Å²) < 4.78 is 31.5. The van der Waals surface area contributed by atoms with E-state index in [2.05, 4.69) is 10.2 Å². The highest BCUT2D eigenvalue weighted by atomic mass is 32.2. The van der Waals surface area contributed by atoms with E-state index in [4.69, 9.17) is 4.55 Å². The Morgan fingerprint density at radius 2 is 1.71 bits per heavy atom. The Kier molecular flexibility index (Phi) is 4.04. The van der Waals surface area contributed by atoms with Gasteiger partial charge in [0.25, 0.3) is 10.1 Å². The van der Waals surface area contributed by atoms with Gasteiger partial charge < -0.3 is 5.11 Å². The van der Waals surface area contributed by atoms with Crippen LogP contribution in [-0.2, 0) is 10.1 Å². The van der Waals surface area contributed by atoms with Gasteiger partial charge in [0, 0.05) is 5.39 Å². The Hall–Kier alpha value is -2.77. The van der Waals surface area contributed by atoms with Crippen molar-refractivity contribution in [3.05, 3.63) is 60.2 Å². The number of benzene rings is 3. The average molecular weight is 342 g/mol. The molecule has 6 nitrogen and oxygen atoms in total. The first-order valence-electron chi connectivity index (χ1n) is 7.07. The van der Waals surface area contributed by atoms with E-state index in [0.717, 1.165) is 10.8 Å². The molecule has 0 aliphatic heterocycles. The molecule has 0 atom stereocenters. The Bertz CT molecular complexity index is 1060. The van der Waals surface area contributed by atoms with Gasteiger partial charge in [0.05, 0.1) is 10.6 Å². The smallest absolute Gasteiger partial charge is 0.294 e. The van der Waals surface area contributed by atoms with Crippen LogP contribution in [0.25, 0.3) is 10.8 Å². The highest BCUT2D eigenvalue weighted by molar-refractivity contribution is 7.85. The van der Waals surface area contributed by atoms with Gasteiger partial charge in [-0.05, 0) is 42.1 Å². The fraction of sp³-hybridized carbons (Fsp3) is 0.0588. The number of azo groups is 1. The van der Waals surface area contributed by atoms with E-state index < -0.39 is 10.1 Å². The third-order valence-electron chi connectivity index (χ3n) is 3.58. The second-order valence-electron chi connectivity index (χ2n) is 5.28. The zero-order valence-electron chi connectivity index (χ0n) is 12.7. The Labute approximate surface area is 138 Å². The van der Waals surface area contributed by atoms with Crippen LogP contribution in [0.3, 0.4) is 0 Å². The number of aromatic hydroxyl groups is 1. The van der Waals surface area contributed by atoms with Gasteiger partial charge in [0.1, 0.15) is 11.4 Å². The molecule has 0 spiro atoms. The van der Waals surface area contributed by atoms with Gasteiger partial charge in [-0.2, -0.15) is 13.5 Å². The molecule has 3 aromatic carbocycles. The summed E-state index contributed by atoms with van der Waals surface area (Å²) in [5, 5.41) is 19.9. The van der Waals surface area contributed by atoms with Crippen molar-refractivity contribution < 1.29 is 18.1 Å². The Balaban J connectivity index is 2.03. The minimum atomic E-state index is -4.27. The predicted octanol–water partition coefficient (Wildman–Crippen LogP) is 4.52. The summed E-state index contributed by atoms with van der Waals surface area (Å²) in [4.78, 5) is -0.172. The molecule has 0 aromatic heterocycles. The fourth-order valence-electron chi connectivity index (χ4n) is 2.44. The van der Waals surface area contributed by atoms with Crippen LogP contribution in [-0.4, -0.2) is 18.1 Å². The maximum atomic E-state index is 11.2. The normalized spacial score (nSPS) is 12.1. The zero-order chi connectivity index (χ0) is 17.3. The van der Waals surface area contributed by atoms with Gasteiger partial charge in [-0.3, -0.25) is 4.55 Å². The van der Waals surface area contributed by atoms with Crippen molar-refractivity contribution in [1.29, 1.82) is 0 Å². The van der Waals surface area contributed by atoms with Crippen molar-refractivity contribution >= 4 is 32.3 Å². The van der Waals surface area contributed by atoms with Crippen LogP contribution in [0.5, 0.6) is 5.75 Å². The van der Waals surface area contributed by atoms with Gasteiger partial charge in [-0.25, -0.2) is 0 Å². The van der Waals surface area contributed by atoms with Crippen molar-refractivity contribution in [1.82, 2.24) is 0 Å². The minimum absolute atomic E-state index is 0.00345. The standard InChI is InChI=1S/C17H14N2O4S/c1-11-10-13(7-9-16(11)24(21,22)23)18-19-17-14-5-3-2-4-12(14)6-8-15(17)20/h2-10,20H,1H3,(H,21,22,23)/b19-18+. The molecule has 122 valence electrons. The summed E-state index contributed by atoms with van der Waals surface area (Å²) >= 11 is 0. The topological polar surface area (TPSA) is 99.3 Å². The largest absolute Gasteiger partial charge is 0.506 e. The second kappa shape index (κ2) is 6.03. The second-order valence-corrected chi connectivity index (χ2v) is 6.67. The summed E-state index contributed by atoms with van der Waals surface area (Å²) in [7, 11) is -4.27. The van der Waals surface area contributed by atoms with E-state index in [1.54, 1.807) is 19.1 Å². The van der Waals surface area contributed by atoms with E-state index >= 15 is 0 Å². The lowest BCUT2D eigenvalue weighted by Crippen LogP contribution is -2.00. The van der Waals surface area contributed by atoms with Crippen molar-refractivity contribution in [2.75, 3.05) is 0 Å². The number of rotatable bonds is 3. The summed E-state index contributed by atoms with van der Waals surface area (Å²) in [6.45, 7) is 1.55. The number of phenolic OH excluding ortho intramolecular Hbond substituents is 1. The van der Waals surface area contributed by atoms with E-state index in [9.17, 15) is 13.5 Å². The molecule has 3 aromatic rings. The molecule has 0 saturated heterocycles. The molecular formula is C17H14N2O4S. The predicted molar refractivity (Wildman–Crippen MR) is 90.8 cm³/mol. The maximum Gasteiger partial charge on any atom is 0.294 e. The molecule has 0 aliphatic carbocycles. The molecule has 2 N–H and O–H groups in total. The van der Waals surface area contributed by atoms with E-state index in [0.29, 0.717) is 16.9 Å². The molecule has 0 saturated carbocycles. The monoisotopic (exact) mass is 342 g/mol. The summed E-state index contributed by atoms with van der Waals surface area (Å²) in [5.74, 6) is 0.00345. The molecule has 0 aliphatic rings. The molecule has 7 heteroatoms. The lowest BCUT2D eigenvalue weighted by Gasteiger charge is -2.04. The van der Waals surface area contributed by atoms with Crippen molar-refractivity contribution in [3.8, 4) is 5.75 Å². The molecular weight excluding hydrogens is 328 g/mol. The molecule has 0 fully saturated rings. The van der Waals surface area contributed by atoms with Gasteiger partial charge in [-0.15, -0.1) is 5.11 Å². The number of fused-ring (bicyclic) bond motifs is 1. The first-order chi connectivity index (χ1) is 11.4. The number of hydrogen-bond acceptors (Lipinski definition) is 5. The highest BCUT2D eigenvalue weighted by Gasteiger charge is 2.13. The lowest BCUT2D eigenvalue weighted by molar-refractivity contribution is 0.477. The van der Waals surface area contributed by atoms with Gasteiger partial charge in [0.2, 0.25) is 0 Å². The molecule has 0 unspecified atom stereocenters. The maximum absolute atomic E-state index is 11.2. The summed E-state index contributed by atoms with van der Waals surface area (Å²) in [5.41, 5.74) is 1.10. The molecule has 0 bridgehead atoms. The van der Waals surface area contributed by atoms with Crippen LogP contribution in [0.15, 0.2) is 69.7 Å². The first-order valence-corrected chi connectivity index (χ1v) is 8.51. The fourth-order valence-corrected chi connectivity index (χ4v) is 3.15. The van der Waals surface area contributed by atoms with E-state index in [-0.39, 0.29) is 10.6 Å². The first kappa shape index (κ1) is 16.1. The average Bonchev–Trinajstić information content (AvgIpc) is 2.53. The molecule has 24 heavy (non-hydrogen) atoms. The van der Waals surface area contributed by atoms with Crippen LogP contribution in [0, 0.1) is 6.92 Å². The van der Waals surface area contributed by atoms with Crippen molar-refractivity contribution in [2.45, 2.75) is 11.8 Å². The summed E-state index contributed by atoms with van der Waals surface area (Å²) in [6, 6.07) is 15.0. The molecule has 3 rings (SSSR count). The Morgan fingerprint density at radius 1 is 0.958 bits per heavy atom. The SMILES string of the molecule is Cc1cc(/N=N/c2c(O)ccc3ccccc23)ccc1S(=O)(=O)O. The van der Waals surface area contributed by atoms with Crippen LogP contribution in [0.4, 0.5) is 11.4 Å². The van der Waals surface area contributed by atoms with Crippen LogP contribution >= 0.6 is 0 Å². The quantitative estimate of drug-likeness (QED) is 0.540. The highest BCUT2D eigenvalue weighted by Crippen LogP contribution is 2.36. The summed E-state index contributed by atoms with van der Waals surface area (Å²) in [6.07, 6.45) is 0. The number of nitrogens with zero attached hydrogens (tertiary/aromatic N) is 2. The number of aryl methyl sites for hydroxylation is 1. The molecule has 0 radical (unpaired) electrons. The van der Waals surface area contributed by atoms with Gasteiger partial charge in [-0.1, -0.05) is 30.3 Å².